The third-order valence-corrected chi connectivity index (χ3v) is 2.23. The molecule has 1 rings (SSSR count). The lowest BCUT2D eigenvalue weighted by atomic mass is 10.1. The van der Waals surface area contributed by atoms with Crippen molar-refractivity contribution in [2.45, 2.75) is 12.5 Å². The third kappa shape index (κ3) is 3.21. The van der Waals surface area contributed by atoms with Crippen LogP contribution in [0.3, 0.4) is 0 Å². The van der Waals surface area contributed by atoms with Gasteiger partial charge in [-0.25, -0.2) is 9.97 Å². The van der Waals surface area contributed by atoms with E-state index < -0.39 is 5.60 Å². The van der Waals surface area contributed by atoms with Crippen molar-refractivity contribution in [1.29, 1.82) is 0 Å². The monoisotopic (exact) mass is 261 g/mol. The zero-order chi connectivity index (χ0) is 10.6. The molecule has 0 aliphatic heterocycles. The van der Waals surface area contributed by atoms with Gasteiger partial charge >= 0.3 is 0 Å². The summed E-state index contributed by atoms with van der Waals surface area (Å²) in [6.07, 6.45) is 3.00. The van der Waals surface area contributed by atoms with Crippen LogP contribution in [0.4, 0.5) is 5.82 Å². The van der Waals surface area contributed by atoms with E-state index in [0.717, 1.165) is 0 Å². The second kappa shape index (κ2) is 4.68. The highest BCUT2D eigenvalue weighted by Crippen LogP contribution is 2.17. The Kier molecular flexibility index (Phi) is 3.79. The highest BCUT2D eigenvalue weighted by Gasteiger charge is 2.18. The molecule has 0 aliphatic carbocycles. The number of aliphatic hydroxyl groups is 2. The van der Waals surface area contributed by atoms with Gasteiger partial charge < -0.3 is 15.5 Å². The minimum Gasteiger partial charge on any atom is -0.393 e. The van der Waals surface area contributed by atoms with Crippen LogP contribution in [0, 0.1) is 0 Å². The SMILES string of the molecule is CC(O)(CO)CNc1ncncc1Br. The van der Waals surface area contributed by atoms with E-state index in [1.165, 1.54) is 13.3 Å². The predicted octanol–water partition coefficient (Wildman–Crippen LogP) is 0.394. The highest BCUT2D eigenvalue weighted by molar-refractivity contribution is 9.10. The molecule has 3 N–H and O–H groups in total. The number of halogens is 1. The first-order chi connectivity index (χ1) is 6.55. The predicted molar refractivity (Wildman–Crippen MR) is 55.9 cm³/mol. The molecule has 0 spiro atoms. The van der Waals surface area contributed by atoms with Gasteiger partial charge in [-0.1, -0.05) is 0 Å². The van der Waals surface area contributed by atoms with Crippen molar-refractivity contribution in [1.82, 2.24) is 9.97 Å². The number of hydrogen-bond donors (Lipinski definition) is 3. The van der Waals surface area contributed by atoms with Crippen LogP contribution in [-0.4, -0.2) is 38.9 Å². The van der Waals surface area contributed by atoms with E-state index in [1.807, 2.05) is 0 Å². The normalized spacial score (nSPS) is 14.9. The molecule has 78 valence electrons. The molecule has 0 saturated carbocycles. The van der Waals surface area contributed by atoms with E-state index in [9.17, 15) is 5.11 Å². The quantitative estimate of drug-likeness (QED) is 0.731. The van der Waals surface area contributed by atoms with E-state index in [0.29, 0.717) is 10.3 Å². The fourth-order valence-electron chi connectivity index (χ4n) is 0.773. The van der Waals surface area contributed by atoms with Gasteiger partial charge in [-0.15, -0.1) is 0 Å². The molecule has 6 heteroatoms. The molecule has 0 bridgehead atoms. The fraction of sp³-hybridized carbons (Fsp3) is 0.500. The Hall–Kier alpha value is -0.720. The van der Waals surface area contributed by atoms with Crippen LogP contribution in [0.2, 0.25) is 0 Å². The zero-order valence-electron chi connectivity index (χ0n) is 7.74. The minimum absolute atomic E-state index is 0.221. The molecule has 0 aliphatic rings. The number of nitrogens with one attached hydrogen (secondary N) is 1. The Balaban J connectivity index is 2.58. The van der Waals surface area contributed by atoms with Gasteiger partial charge in [-0.05, 0) is 22.9 Å². The Morgan fingerprint density at radius 2 is 2.36 bits per heavy atom. The fourth-order valence-corrected chi connectivity index (χ4v) is 1.13. The van der Waals surface area contributed by atoms with Crippen molar-refractivity contribution in [3.8, 4) is 0 Å². The summed E-state index contributed by atoms with van der Waals surface area (Å²) < 4.78 is 0.716. The number of anilines is 1. The van der Waals surface area contributed by atoms with Crippen LogP contribution in [0.15, 0.2) is 17.0 Å². The second-order valence-corrected chi connectivity index (χ2v) is 4.08. The summed E-state index contributed by atoms with van der Waals surface area (Å²) in [7, 11) is 0. The van der Waals surface area contributed by atoms with Crippen LogP contribution in [0.25, 0.3) is 0 Å². The first-order valence-corrected chi connectivity index (χ1v) is 4.87. The van der Waals surface area contributed by atoms with Crippen molar-refractivity contribution in [2.24, 2.45) is 0 Å². The zero-order valence-corrected chi connectivity index (χ0v) is 9.32. The molecule has 1 unspecified atom stereocenters. The summed E-state index contributed by atoms with van der Waals surface area (Å²) >= 11 is 3.25. The van der Waals surface area contributed by atoms with E-state index in [4.69, 9.17) is 5.11 Å². The van der Waals surface area contributed by atoms with Crippen LogP contribution in [0.5, 0.6) is 0 Å². The standard InChI is InChI=1S/C8H12BrN3O2/c1-8(14,4-13)3-11-7-6(9)2-10-5-12-7/h2,5,13-14H,3-4H2,1H3,(H,10,11,12). The Morgan fingerprint density at radius 3 is 2.93 bits per heavy atom. The van der Waals surface area contributed by atoms with Gasteiger partial charge in [0.2, 0.25) is 0 Å². The lowest BCUT2D eigenvalue weighted by Gasteiger charge is -2.21. The highest BCUT2D eigenvalue weighted by atomic mass is 79.9. The summed E-state index contributed by atoms with van der Waals surface area (Å²) in [6, 6.07) is 0. The van der Waals surface area contributed by atoms with E-state index in [1.54, 1.807) is 6.20 Å². The first kappa shape index (κ1) is 11.4. The summed E-state index contributed by atoms with van der Waals surface area (Å²) in [5.41, 5.74) is -1.15. The molecule has 5 nitrogen and oxygen atoms in total. The number of aromatic nitrogens is 2. The molecule has 14 heavy (non-hydrogen) atoms. The van der Waals surface area contributed by atoms with E-state index >= 15 is 0 Å². The molecule has 0 amide bonds. The smallest absolute Gasteiger partial charge is 0.143 e. The van der Waals surface area contributed by atoms with Gasteiger partial charge in [-0.2, -0.15) is 0 Å². The topological polar surface area (TPSA) is 78.3 Å². The van der Waals surface area contributed by atoms with Gasteiger partial charge in [0.05, 0.1) is 11.1 Å². The number of hydrogen-bond acceptors (Lipinski definition) is 5. The average molecular weight is 262 g/mol. The Labute approximate surface area is 90.3 Å². The van der Waals surface area contributed by atoms with E-state index in [2.05, 4.69) is 31.2 Å². The first-order valence-electron chi connectivity index (χ1n) is 4.08. The van der Waals surface area contributed by atoms with Crippen LogP contribution < -0.4 is 5.32 Å². The van der Waals surface area contributed by atoms with Crippen LogP contribution in [0.1, 0.15) is 6.92 Å². The minimum atomic E-state index is -1.15. The maximum absolute atomic E-state index is 9.50. The second-order valence-electron chi connectivity index (χ2n) is 3.23. The summed E-state index contributed by atoms with van der Waals surface area (Å²) in [5, 5.41) is 21.2. The van der Waals surface area contributed by atoms with Crippen molar-refractivity contribution in [3.05, 3.63) is 17.0 Å². The van der Waals surface area contributed by atoms with Crippen molar-refractivity contribution in [3.63, 3.8) is 0 Å². The molecular formula is C8H12BrN3O2. The van der Waals surface area contributed by atoms with E-state index in [-0.39, 0.29) is 13.2 Å². The maximum Gasteiger partial charge on any atom is 0.143 e. The van der Waals surface area contributed by atoms with Crippen LogP contribution >= 0.6 is 15.9 Å². The molecule has 0 radical (unpaired) electrons. The van der Waals surface area contributed by atoms with Gasteiger partial charge in [0.15, 0.2) is 0 Å². The lowest BCUT2D eigenvalue weighted by molar-refractivity contribution is 0.0131. The van der Waals surface area contributed by atoms with Crippen molar-refractivity contribution < 1.29 is 10.2 Å². The third-order valence-electron chi connectivity index (χ3n) is 1.64. The molecule has 1 heterocycles. The van der Waals surface area contributed by atoms with Crippen molar-refractivity contribution >= 4 is 21.7 Å². The maximum atomic E-state index is 9.50. The van der Waals surface area contributed by atoms with Gasteiger partial charge in [-0.3, -0.25) is 0 Å². The molecule has 0 aromatic carbocycles. The number of rotatable bonds is 4. The Morgan fingerprint density at radius 1 is 1.64 bits per heavy atom. The van der Waals surface area contributed by atoms with Crippen LogP contribution in [-0.2, 0) is 0 Å². The van der Waals surface area contributed by atoms with Gasteiger partial charge in [0, 0.05) is 12.7 Å². The average Bonchev–Trinajstić information content (AvgIpc) is 2.17. The summed E-state index contributed by atoms with van der Waals surface area (Å²) in [5.74, 6) is 0.591. The molecule has 1 aromatic rings. The van der Waals surface area contributed by atoms with Gasteiger partial charge in [0.25, 0.3) is 0 Å². The van der Waals surface area contributed by atoms with Crippen molar-refractivity contribution in [2.75, 3.05) is 18.5 Å². The molecule has 1 aromatic heterocycles. The molecule has 0 fully saturated rings. The number of nitrogens with zero attached hydrogens (tertiary/aromatic N) is 2. The van der Waals surface area contributed by atoms with Gasteiger partial charge in [0.1, 0.15) is 17.7 Å². The number of aliphatic hydroxyl groups excluding tert-OH is 1. The molecule has 1 atom stereocenters. The molecular weight excluding hydrogens is 250 g/mol. The summed E-state index contributed by atoms with van der Waals surface area (Å²) in [4.78, 5) is 7.75. The lowest BCUT2D eigenvalue weighted by Crippen LogP contribution is -2.37. The largest absolute Gasteiger partial charge is 0.393 e. The summed E-state index contributed by atoms with van der Waals surface area (Å²) in [6.45, 7) is 1.46. The Bertz CT molecular complexity index is 306. The molecule has 0 saturated heterocycles.